The molecule has 15 heavy (non-hydrogen) atoms. The predicted molar refractivity (Wildman–Crippen MR) is 57.3 cm³/mol. The van der Waals surface area contributed by atoms with Gasteiger partial charge in [-0.3, -0.25) is 10.5 Å². The Hall–Kier alpha value is -1.84. The first kappa shape index (κ1) is 11.2. The highest BCUT2D eigenvalue weighted by molar-refractivity contribution is 6.44. The molecule has 0 saturated heterocycles. The summed E-state index contributed by atoms with van der Waals surface area (Å²) >= 11 is 0. The molecule has 1 rings (SSSR count). The van der Waals surface area contributed by atoms with Crippen LogP contribution in [0, 0.1) is 0 Å². The van der Waals surface area contributed by atoms with Gasteiger partial charge in [0.2, 0.25) is 0 Å². The lowest BCUT2D eigenvalue weighted by molar-refractivity contribution is -0.112. The van der Waals surface area contributed by atoms with Gasteiger partial charge in [0, 0.05) is 5.56 Å². The number of hydrogen-bond acceptors (Lipinski definition) is 3. The monoisotopic (exact) mass is 205 g/mol. The van der Waals surface area contributed by atoms with E-state index in [1.165, 1.54) is 0 Å². The second-order valence-corrected chi connectivity index (χ2v) is 3.29. The van der Waals surface area contributed by atoms with Gasteiger partial charge in [-0.2, -0.15) is 0 Å². The summed E-state index contributed by atoms with van der Waals surface area (Å²) in [6, 6.07) is 8.83. The molecule has 1 aromatic rings. The Balaban J connectivity index is 2.94. The van der Waals surface area contributed by atoms with E-state index in [1.807, 2.05) is 6.07 Å². The number of carbonyl (C=O) groups is 1. The molecule has 0 saturated carbocycles. The molecule has 79 valence electrons. The topological polar surface area (TPSA) is 62.5 Å². The molecule has 1 amide bonds. The molecule has 0 atom stereocenters. The maximum absolute atomic E-state index is 11.0. The molecular formula is C11H13N2O2. The van der Waals surface area contributed by atoms with Crippen LogP contribution in [0.2, 0.25) is 0 Å². The van der Waals surface area contributed by atoms with Crippen LogP contribution >= 0.6 is 0 Å². The summed E-state index contributed by atoms with van der Waals surface area (Å²) in [6.07, 6.45) is -0.108. The molecular weight excluding hydrogens is 192 g/mol. The van der Waals surface area contributed by atoms with E-state index in [4.69, 9.17) is 10.6 Å². The van der Waals surface area contributed by atoms with Gasteiger partial charge in [-0.1, -0.05) is 35.5 Å². The lowest BCUT2D eigenvalue weighted by Gasteiger charge is -2.04. The fourth-order valence-corrected chi connectivity index (χ4v) is 0.979. The van der Waals surface area contributed by atoms with E-state index in [0.717, 1.165) is 0 Å². The molecule has 0 aliphatic rings. The number of rotatable bonds is 4. The van der Waals surface area contributed by atoms with Crippen LogP contribution in [0.1, 0.15) is 19.4 Å². The predicted octanol–water partition coefficient (Wildman–Crippen LogP) is 1.63. The van der Waals surface area contributed by atoms with E-state index in [9.17, 15) is 4.79 Å². The van der Waals surface area contributed by atoms with Gasteiger partial charge in [-0.15, -0.1) is 0 Å². The second kappa shape index (κ2) is 5.14. The lowest BCUT2D eigenvalue weighted by atomic mass is 10.1. The summed E-state index contributed by atoms with van der Waals surface area (Å²) in [5.41, 5.74) is 7.69. The van der Waals surface area contributed by atoms with Crippen LogP contribution in [0.4, 0.5) is 0 Å². The minimum Gasteiger partial charge on any atom is -0.392 e. The van der Waals surface area contributed by atoms with Crippen LogP contribution in [0.3, 0.4) is 0 Å². The summed E-state index contributed by atoms with van der Waals surface area (Å²) in [7, 11) is 0. The number of hydrogen-bond donors (Lipinski definition) is 0. The third-order valence-electron chi connectivity index (χ3n) is 1.62. The van der Waals surface area contributed by atoms with Crippen molar-refractivity contribution in [1.82, 2.24) is 5.73 Å². The molecule has 4 heteroatoms. The Labute approximate surface area is 88.7 Å². The molecule has 0 aliphatic heterocycles. The quantitative estimate of drug-likeness (QED) is 0.554. The molecule has 0 aromatic heterocycles. The Kier molecular flexibility index (Phi) is 3.85. The van der Waals surface area contributed by atoms with Crippen LogP contribution in [-0.4, -0.2) is 17.7 Å². The van der Waals surface area contributed by atoms with Crippen LogP contribution in [-0.2, 0) is 9.63 Å². The zero-order chi connectivity index (χ0) is 11.3. The van der Waals surface area contributed by atoms with Crippen LogP contribution < -0.4 is 5.73 Å². The van der Waals surface area contributed by atoms with Crippen LogP contribution in [0.5, 0.6) is 0 Å². The van der Waals surface area contributed by atoms with Crippen molar-refractivity contribution >= 4 is 11.6 Å². The smallest absolute Gasteiger partial charge is 0.292 e. The molecule has 1 N–H and O–H groups in total. The minimum atomic E-state index is -0.846. The average Bonchev–Trinajstić information content (AvgIpc) is 2.18. The van der Waals surface area contributed by atoms with Crippen LogP contribution in [0.25, 0.3) is 0 Å². The zero-order valence-corrected chi connectivity index (χ0v) is 8.73. The van der Waals surface area contributed by atoms with Gasteiger partial charge >= 0.3 is 0 Å². The zero-order valence-electron chi connectivity index (χ0n) is 8.73. The summed E-state index contributed by atoms with van der Waals surface area (Å²) in [5.74, 6) is -0.846. The molecule has 0 unspecified atom stereocenters. The van der Waals surface area contributed by atoms with E-state index in [2.05, 4.69) is 5.16 Å². The fraction of sp³-hybridized carbons (Fsp3) is 0.273. The van der Waals surface area contributed by atoms with E-state index in [-0.39, 0.29) is 11.8 Å². The van der Waals surface area contributed by atoms with Crippen molar-refractivity contribution in [1.29, 1.82) is 0 Å². The van der Waals surface area contributed by atoms with E-state index >= 15 is 0 Å². The first-order chi connectivity index (χ1) is 7.11. The SMILES string of the molecule is CC(C)ON=C(C([NH])=O)c1ccccc1. The van der Waals surface area contributed by atoms with Crippen molar-refractivity contribution in [2.45, 2.75) is 20.0 Å². The first-order valence-electron chi connectivity index (χ1n) is 4.66. The molecule has 0 heterocycles. The number of nitrogens with zero attached hydrogens (tertiary/aromatic N) is 1. The van der Waals surface area contributed by atoms with Crippen molar-refractivity contribution < 1.29 is 9.63 Å². The van der Waals surface area contributed by atoms with Crippen molar-refractivity contribution in [3.63, 3.8) is 0 Å². The Morgan fingerprint density at radius 2 is 1.93 bits per heavy atom. The maximum atomic E-state index is 11.0. The van der Waals surface area contributed by atoms with Crippen LogP contribution in [0.15, 0.2) is 35.5 Å². The lowest BCUT2D eigenvalue weighted by Crippen LogP contribution is -2.17. The van der Waals surface area contributed by atoms with Gasteiger partial charge < -0.3 is 4.84 Å². The first-order valence-corrected chi connectivity index (χ1v) is 4.66. The van der Waals surface area contributed by atoms with E-state index < -0.39 is 5.91 Å². The average molecular weight is 205 g/mol. The summed E-state index contributed by atoms with van der Waals surface area (Å²) in [4.78, 5) is 16.0. The van der Waals surface area contributed by atoms with Crippen molar-refractivity contribution in [3.05, 3.63) is 35.9 Å². The van der Waals surface area contributed by atoms with Crippen molar-refractivity contribution in [2.75, 3.05) is 0 Å². The van der Waals surface area contributed by atoms with Gasteiger partial charge in [-0.05, 0) is 13.8 Å². The molecule has 0 fully saturated rings. The number of oxime groups is 1. The Morgan fingerprint density at radius 1 is 1.33 bits per heavy atom. The number of benzene rings is 1. The Bertz CT molecular complexity index is 358. The highest BCUT2D eigenvalue weighted by Gasteiger charge is 2.11. The summed E-state index contributed by atoms with van der Waals surface area (Å²) < 4.78 is 0. The number of amides is 1. The normalized spacial score (nSPS) is 11.5. The van der Waals surface area contributed by atoms with E-state index in [0.29, 0.717) is 5.56 Å². The summed E-state index contributed by atoms with van der Waals surface area (Å²) in [6.45, 7) is 3.61. The van der Waals surface area contributed by atoms with Gasteiger partial charge in [0.25, 0.3) is 5.91 Å². The third kappa shape index (κ3) is 3.42. The highest BCUT2D eigenvalue weighted by Crippen LogP contribution is 2.03. The van der Waals surface area contributed by atoms with Gasteiger partial charge in [-0.25, -0.2) is 0 Å². The minimum absolute atomic E-state index is 0.0318. The maximum Gasteiger partial charge on any atom is 0.292 e. The number of carbonyl (C=O) groups excluding carboxylic acids is 1. The van der Waals surface area contributed by atoms with Gasteiger partial charge in [0.05, 0.1) is 0 Å². The second-order valence-electron chi connectivity index (χ2n) is 3.29. The van der Waals surface area contributed by atoms with Crippen molar-refractivity contribution in [3.8, 4) is 0 Å². The van der Waals surface area contributed by atoms with Gasteiger partial charge in [0.1, 0.15) is 6.10 Å². The van der Waals surface area contributed by atoms with Gasteiger partial charge in [0.15, 0.2) is 5.71 Å². The Morgan fingerprint density at radius 3 is 2.40 bits per heavy atom. The highest BCUT2D eigenvalue weighted by atomic mass is 16.6. The molecule has 4 nitrogen and oxygen atoms in total. The molecule has 0 aliphatic carbocycles. The van der Waals surface area contributed by atoms with E-state index in [1.54, 1.807) is 38.1 Å². The fourth-order valence-electron chi connectivity index (χ4n) is 0.979. The standard InChI is InChI=1S/C11H13N2O2/c1-8(2)15-13-10(11(12)14)9-6-4-3-5-7-9/h3-8,12H,1-2H3. The largest absolute Gasteiger partial charge is 0.392 e. The number of nitrogens with one attached hydrogen (secondary N) is 1. The molecule has 0 bridgehead atoms. The molecule has 1 radical (unpaired) electrons. The molecule has 1 aromatic carbocycles. The molecule has 0 spiro atoms. The van der Waals surface area contributed by atoms with Crippen molar-refractivity contribution in [2.24, 2.45) is 5.16 Å². The third-order valence-corrected chi connectivity index (χ3v) is 1.62. The summed E-state index contributed by atoms with van der Waals surface area (Å²) in [5, 5.41) is 3.67.